The summed E-state index contributed by atoms with van der Waals surface area (Å²) in [6, 6.07) is 12.3. The van der Waals surface area contributed by atoms with Crippen LogP contribution in [0.15, 0.2) is 60.3 Å². The highest BCUT2D eigenvalue weighted by Gasteiger charge is 2.43. The van der Waals surface area contributed by atoms with Crippen molar-refractivity contribution in [2.75, 3.05) is 16.0 Å². The van der Waals surface area contributed by atoms with Crippen LogP contribution in [-0.2, 0) is 9.59 Å². The van der Waals surface area contributed by atoms with Gasteiger partial charge in [-0.15, -0.1) is 0 Å². The number of halogens is 1. The van der Waals surface area contributed by atoms with E-state index >= 15 is 0 Å². The molecule has 2 aromatic rings. The van der Waals surface area contributed by atoms with Gasteiger partial charge < -0.3 is 11.1 Å². The van der Waals surface area contributed by atoms with E-state index in [-0.39, 0.29) is 0 Å². The minimum atomic E-state index is -1.22. The molecule has 1 saturated heterocycles. The number of nitrogens with two attached hydrogens (primary N) is 1. The van der Waals surface area contributed by atoms with Crippen LogP contribution in [0.25, 0.3) is 0 Å². The van der Waals surface area contributed by atoms with Gasteiger partial charge in [0.2, 0.25) is 5.91 Å². The first-order valence-corrected chi connectivity index (χ1v) is 8.52. The number of nitrogen functional groups attached to an aromatic ring is 1. The molecule has 0 saturated carbocycles. The number of benzene rings is 2. The number of barbiturate groups is 1. The topological polar surface area (TPSA) is 105 Å². The van der Waals surface area contributed by atoms with Crippen molar-refractivity contribution in [1.29, 1.82) is 0 Å². The summed E-state index contributed by atoms with van der Waals surface area (Å²) in [7, 11) is 0. The van der Waals surface area contributed by atoms with E-state index in [1.165, 1.54) is 12.1 Å². The summed E-state index contributed by atoms with van der Waals surface area (Å²) in [5, 5.41) is 5.70. The summed E-state index contributed by atoms with van der Waals surface area (Å²) >= 11 is 5.86. The molecule has 0 unspecified atom stereocenters. The highest BCUT2D eigenvalue weighted by molar-refractivity contribution is 6.31. The molecule has 0 aliphatic carbocycles. The van der Waals surface area contributed by atoms with Gasteiger partial charge in [-0.2, -0.15) is 0 Å². The average molecular weight is 385 g/mol. The van der Waals surface area contributed by atoms with E-state index in [9.17, 15) is 14.4 Å². The molecule has 0 aromatic heterocycles. The van der Waals surface area contributed by atoms with Gasteiger partial charge in [0.25, 0.3) is 5.91 Å². The maximum atomic E-state index is 13.0. The molecule has 8 heteroatoms. The third-order valence-electron chi connectivity index (χ3n) is 4.11. The lowest BCUT2D eigenvalue weighted by Crippen LogP contribution is -2.59. The molecule has 3 rings (SSSR count). The normalized spacial score (nSPS) is 17.7. The molecule has 138 valence electrons. The zero-order valence-electron chi connectivity index (χ0n) is 14.4. The fraction of sp³-hybridized carbons (Fsp3) is 0.105. The Labute approximate surface area is 160 Å². The van der Waals surface area contributed by atoms with Crippen LogP contribution in [0.5, 0.6) is 0 Å². The number of urea groups is 1. The van der Waals surface area contributed by atoms with Crippen LogP contribution in [0.1, 0.15) is 6.92 Å². The molecule has 0 bridgehead atoms. The van der Waals surface area contributed by atoms with Gasteiger partial charge in [-0.1, -0.05) is 29.8 Å². The second-order valence-electron chi connectivity index (χ2n) is 5.83. The molecule has 27 heavy (non-hydrogen) atoms. The largest absolute Gasteiger partial charge is 0.397 e. The molecule has 7 nitrogen and oxygen atoms in total. The van der Waals surface area contributed by atoms with Gasteiger partial charge in [-0.25, -0.2) is 9.69 Å². The fourth-order valence-corrected chi connectivity index (χ4v) is 2.89. The molecule has 1 fully saturated rings. The van der Waals surface area contributed by atoms with Gasteiger partial charge >= 0.3 is 6.03 Å². The third kappa shape index (κ3) is 3.63. The number of imide groups is 2. The number of allylic oxidation sites excluding steroid dienone is 1. The number of para-hydroxylation sites is 2. The lowest BCUT2D eigenvalue weighted by atomic mass is 9.99. The van der Waals surface area contributed by atoms with Crippen LogP contribution in [0.3, 0.4) is 0 Å². The number of hydrogen-bond donors (Lipinski definition) is 3. The van der Waals surface area contributed by atoms with E-state index in [1.54, 1.807) is 49.4 Å². The molecule has 0 spiro atoms. The van der Waals surface area contributed by atoms with Crippen LogP contribution >= 0.6 is 11.6 Å². The van der Waals surface area contributed by atoms with Gasteiger partial charge in [-0.3, -0.25) is 14.9 Å². The number of amides is 4. The van der Waals surface area contributed by atoms with Crippen molar-refractivity contribution in [3.8, 4) is 0 Å². The number of carbonyl (C=O) groups is 3. The average Bonchev–Trinajstić information content (AvgIpc) is 2.63. The molecule has 1 aliphatic heterocycles. The van der Waals surface area contributed by atoms with Crippen LogP contribution in [0.2, 0.25) is 5.02 Å². The van der Waals surface area contributed by atoms with E-state index in [1.807, 2.05) is 0 Å². The lowest BCUT2D eigenvalue weighted by molar-refractivity contribution is -0.132. The van der Waals surface area contributed by atoms with Crippen molar-refractivity contribution in [2.24, 2.45) is 5.92 Å². The van der Waals surface area contributed by atoms with E-state index in [0.29, 0.717) is 27.8 Å². The van der Waals surface area contributed by atoms with Crippen molar-refractivity contribution in [1.82, 2.24) is 5.32 Å². The standard InChI is InChI=1S/C19H17ClN4O3/c1-2-14(22-15-6-4-3-5-13(15)21)16-17(25)23-19(27)24(18(16)26)12-9-7-11(20)8-10-12/h2-10,16,22H,21H2,1H3,(H,23,25,27)/b14-2-/t16-/m0/s1. The number of nitrogens with one attached hydrogen (secondary N) is 2. The molecule has 0 radical (unpaired) electrons. The minimum absolute atomic E-state index is 0.314. The predicted molar refractivity (Wildman–Crippen MR) is 104 cm³/mol. The molecule has 1 aliphatic rings. The smallest absolute Gasteiger partial charge is 0.335 e. The second kappa shape index (κ2) is 7.51. The number of anilines is 3. The first-order valence-electron chi connectivity index (χ1n) is 8.14. The highest BCUT2D eigenvalue weighted by Crippen LogP contribution is 2.28. The fourth-order valence-electron chi connectivity index (χ4n) is 2.76. The third-order valence-corrected chi connectivity index (χ3v) is 4.36. The van der Waals surface area contributed by atoms with E-state index in [2.05, 4.69) is 10.6 Å². The molecule has 1 atom stereocenters. The summed E-state index contributed by atoms with van der Waals surface area (Å²) in [4.78, 5) is 38.6. The van der Waals surface area contributed by atoms with Crippen LogP contribution in [-0.4, -0.2) is 17.8 Å². The first kappa shape index (κ1) is 18.5. The van der Waals surface area contributed by atoms with Crippen LogP contribution < -0.4 is 21.3 Å². The zero-order valence-corrected chi connectivity index (χ0v) is 15.2. The van der Waals surface area contributed by atoms with Crippen molar-refractivity contribution in [3.63, 3.8) is 0 Å². The quantitative estimate of drug-likeness (QED) is 0.555. The number of rotatable bonds is 4. The van der Waals surface area contributed by atoms with E-state index in [0.717, 1.165) is 4.90 Å². The maximum Gasteiger partial charge on any atom is 0.335 e. The molecular weight excluding hydrogens is 368 g/mol. The SMILES string of the molecule is C/C=C(\Nc1ccccc1N)[C@H]1C(=O)NC(=O)N(c2ccc(Cl)cc2)C1=O. The Balaban J connectivity index is 1.94. The molecule has 2 aromatic carbocycles. The number of carbonyl (C=O) groups excluding carboxylic acids is 3. The molecule has 4 amide bonds. The van der Waals surface area contributed by atoms with Gasteiger partial charge in [0.1, 0.15) is 0 Å². The van der Waals surface area contributed by atoms with Crippen molar-refractivity contribution >= 4 is 46.5 Å². The second-order valence-corrected chi connectivity index (χ2v) is 6.27. The Morgan fingerprint density at radius 3 is 2.44 bits per heavy atom. The lowest BCUT2D eigenvalue weighted by Gasteiger charge is -2.31. The summed E-state index contributed by atoms with van der Waals surface area (Å²) in [5.74, 6) is -2.59. The molecule has 1 heterocycles. The summed E-state index contributed by atoms with van der Waals surface area (Å²) < 4.78 is 0. The summed E-state index contributed by atoms with van der Waals surface area (Å²) in [6.07, 6.45) is 1.60. The Morgan fingerprint density at radius 1 is 1.15 bits per heavy atom. The maximum absolute atomic E-state index is 13.0. The van der Waals surface area contributed by atoms with E-state index < -0.39 is 23.8 Å². The van der Waals surface area contributed by atoms with Crippen molar-refractivity contribution in [3.05, 3.63) is 65.3 Å². The predicted octanol–water partition coefficient (Wildman–Crippen LogP) is 3.14. The number of hydrogen-bond acceptors (Lipinski definition) is 5. The number of nitrogens with zero attached hydrogens (tertiary/aromatic N) is 1. The van der Waals surface area contributed by atoms with Gasteiger partial charge in [-0.05, 0) is 43.3 Å². The van der Waals surface area contributed by atoms with Gasteiger partial charge in [0.05, 0.1) is 17.1 Å². The Kier molecular flexibility index (Phi) is 5.14. The monoisotopic (exact) mass is 384 g/mol. The highest BCUT2D eigenvalue weighted by atomic mass is 35.5. The Bertz CT molecular complexity index is 940. The van der Waals surface area contributed by atoms with Crippen molar-refractivity contribution < 1.29 is 14.4 Å². The summed E-state index contributed by atoms with van der Waals surface area (Å²) in [5.41, 5.74) is 7.58. The van der Waals surface area contributed by atoms with Gasteiger partial charge in [0.15, 0.2) is 5.92 Å². The molecular formula is C19H17ClN4O3. The summed E-state index contributed by atoms with van der Waals surface area (Å²) in [6.45, 7) is 1.69. The Hall–Kier alpha value is -3.32. The first-order chi connectivity index (χ1) is 12.9. The van der Waals surface area contributed by atoms with Crippen molar-refractivity contribution in [2.45, 2.75) is 6.92 Å². The van der Waals surface area contributed by atoms with E-state index in [4.69, 9.17) is 17.3 Å². The minimum Gasteiger partial charge on any atom is -0.397 e. The Morgan fingerprint density at radius 2 is 1.81 bits per heavy atom. The molecule has 4 N–H and O–H groups in total. The van der Waals surface area contributed by atoms with Crippen LogP contribution in [0.4, 0.5) is 21.9 Å². The zero-order chi connectivity index (χ0) is 19.6. The van der Waals surface area contributed by atoms with Crippen LogP contribution in [0, 0.1) is 5.92 Å². The van der Waals surface area contributed by atoms with Gasteiger partial charge in [0, 0.05) is 10.7 Å².